The molecular weight excluding hydrogens is 699 g/mol. The molecule has 1 aromatic heterocycles. The predicted octanol–water partition coefficient (Wildman–Crippen LogP) is 5.72. The number of benzene rings is 4. The van der Waals surface area contributed by atoms with E-state index in [9.17, 15) is 25.1 Å². The Hall–Kier alpha value is -5.66. The summed E-state index contributed by atoms with van der Waals surface area (Å²) < 4.78 is 13.0. The summed E-state index contributed by atoms with van der Waals surface area (Å²) in [5.74, 6) is 0.0149. The molecule has 0 spiro atoms. The molecule has 2 aliphatic heterocycles. The lowest BCUT2D eigenvalue weighted by atomic mass is 9.92. The molecule has 0 saturated carbocycles. The summed E-state index contributed by atoms with van der Waals surface area (Å²) in [5.41, 5.74) is 7.03. The third kappa shape index (κ3) is 7.67. The van der Waals surface area contributed by atoms with Crippen molar-refractivity contribution in [3.63, 3.8) is 0 Å². The van der Waals surface area contributed by atoms with Crippen LogP contribution in [0.2, 0.25) is 0 Å². The SMILES string of the molecule is COc1cccc(CN(C(=O)c2cc(-c3cc(N(O)O)ccc3C(=O)N3Cc4ccccc4C[C@H]3CN3CCOCC3)n(C)c2C)c2ccc([O-])cc2)c1C. The van der Waals surface area contributed by atoms with Crippen molar-refractivity contribution in [3.05, 3.63) is 130 Å². The molecule has 7 rings (SSSR count). The van der Waals surface area contributed by atoms with Gasteiger partial charge in [-0.15, -0.1) is 11.0 Å². The molecule has 0 bridgehead atoms. The van der Waals surface area contributed by atoms with Crippen LogP contribution in [-0.4, -0.2) is 82.6 Å². The highest BCUT2D eigenvalue weighted by molar-refractivity contribution is 6.08. The maximum Gasteiger partial charge on any atom is 0.260 e. The molecule has 0 unspecified atom stereocenters. The standard InChI is InChI=1S/C43H47N5O7/c1-28-31(10-7-11-41(28)54-4)25-46(33-12-15-36(49)16-13-33)43(51)38-24-40(44(3)29(38)2)39-23-34(48(52)53)14-17-37(39)42(50)47-26-32-9-6-5-8-30(32)22-35(47)27-45-18-20-55-21-19-45/h5-17,23-24,35,49,52-53H,18-22,25-27H2,1-4H3/p-1/t35-/m0/s1. The van der Waals surface area contributed by atoms with E-state index >= 15 is 0 Å². The number of ether oxygens (including phenoxy) is 2. The minimum atomic E-state index is -0.312. The second-order valence-corrected chi connectivity index (χ2v) is 14.2. The van der Waals surface area contributed by atoms with Gasteiger partial charge in [0.1, 0.15) is 5.75 Å². The maximum absolute atomic E-state index is 14.9. The van der Waals surface area contributed by atoms with Crippen LogP contribution in [0.25, 0.3) is 11.3 Å². The fraction of sp³-hybridized carbons (Fsp3) is 0.302. The van der Waals surface area contributed by atoms with E-state index < -0.39 is 0 Å². The van der Waals surface area contributed by atoms with Crippen LogP contribution in [-0.2, 0) is 31.3 Å². The first-order valence-electron chi connectivity index (χ1n) is 18.4. The summed E-state index contributed by atoms with van der Waals surface area (Å²) in [5, 5.41) is 32.4. The summed E-state index contributed by atoms with van der Waals surface area (Å²) in [7, 11) is 3.42. The second kappa shape index (κ2) is 16.0. The molecule has 2 N–H and O–H groups in total. The van der Waals surface area contributed by atoms with E-state index in [0.29, 0.717) is 72.2 Å². The molecule has 3 heterocycles. The fourth-order valence-electron chi connectivity index (χ4n) is 7.73. The smallest absolute Gasteiger partial charge is 0.260 e. The molecule has 0 aliphatic carbocycles. The van der Waals surface area contributed by atoms with Crippen molar-refractivity contribution in [2.75, 3.05) is 50.1 Å². The summed E-state index contributed by atoms with van der Waals surface area (Å²) in [6.07, 6.45) is 0.700. The summed E-state index contributed by atoms with van der Waals surface area (Å²) in [6, 6.07) is 26.3. The lowest BCUT2D eigenvalue weighted by Gasteiger charge is -2.40. The minimum absolute atomic E-state index is 0.0237. The Balaban J connectivity index is 1.29. The molecule has 4 aromatic carbocycles. The normalized spacial score (nSPS) is 15.7. The Bertz CT molecular complexity index is 2190. The Morgan fingerprint density at radius 1 is 0.891 bits per heavy atom. The van der Waals surface area contributed by atoms with Gasteiger partial charge >= 0.3 is 0 Å². The minimum Gasteiger partial charge on any atom is -0.872 e. The maximum atomic E-state index is 14.9. The molecule has 12 nitrogen and oxygen atoms in total. The highest BCUT2D eigenvalue weighted by Crippen LogP contribution is 2.36. The zero-order valence-electron chi connectivity index (χ0n) is 31.6. The van der Waals surface area contributed by atoms with Gasteiger partial charge in [0.2, 0.25) is 0 Å². The van der Waals surface area contributed by atoms with E-state index in [4.69, 9.17) is 9.47 Å². The highest BCUT2D eigenvalue weighted by atomic mass is 16.8. The molecule has 5 aromatic rings. The van der Waals surface area contributed by atoms with Gasteiger partial charge in [-0.3, -0.25) is 24.9 Å². The molecule has 55 heavy (non-hydrogen) atoms. The number of fused-ring (bicyclic) bond motifs is 1. The molecular formula is C43H46N5O7-. The monoisotopic (exact) mass is 744 g/mol. The molecule has 0 radical (unpaired) electrons. The number of carbonyl (C=O) groups is 2. The molecule has 1 atom stereocenters. The van der Waals surface area contributed by atoms with Gasteiger partial charge in [0.25, 0.3) is 11.8 Å². The zero-order valence-corrected chi connectivity index (χ0v) is 31.6. The second-order valence-electron chi connectivity index (χ2n) is 14.2. The summed E-state index contributed by atoms with van der Waals surface area (Å²) >= 11 is 0. The largest absolute Gasteiger partial charge is 0.872 e. The number of nitrogens with zero attached hydrogens (tertiary/aromatic N) is 5. The van der Waals surface area contributed by atoms with Gasteiger partial charge < -0.3 is 28.9 Å². The van der Waals surface area contributed by atoms with Crippen LogP contribution in [0.4, 0.5) is 11.4 Å². The number of hydrogen-bond donors (Lipinski definition) is 2. The van der Waals surface area contributed by atoms with Crippen molar-refractivity contribution in [3.8, 4) is 22.8 Å². The number of rotatable bonds is 10. The van der Waals surface area contributed by atoms with Crippen molar-refractivity contribution >= 4 is 23.2 Å². The molecule has 2 aliphatic rings. The van der Waals surface area contributed by atoms with E-state index in [1.165, 1.54) is 23.8 Å². The number of carbonyl (C=O) groups excluding carboxylic acids is 2. The quantitative estimate of drug-likeness (QED) is 0.172. The van der Waals surface area contributed by atoms with Crippen LogP contribution in [0.1, 0.15) is 48.7 Å². The van der Waals surface area contributed by atoms with Crippen molar-refractivity contribution in [2.24, 2.45) is 7.05 Å². The van der Waals surface area contributed by atoms with Gasteiger partial charge in [0.05, 0.1) is 38.1 Å². The van der Waals surface area contributed by atoms with Crippen LogP contribution in [0, 0.1) is 13.8 Å². The number of aromatic nitrogens is 1. The van der Waals surface area contributed by atoms with Crippen LogP contribution in [0.5, 0.6) is 11.5 Å². The van der Waals surface area contributed by atoms with Gasteiger partial charge in [-0.1, -0.05) is 48.5 Å². The number of amides is 2. The van der Waals surface area contributed by atoms with E-state index in [-0.39, 0.29) is 41.1 Å². The molecule has 1 saturated heterocycles. The van der Waals surface area contributed by atoms with Crippen molar-refractivity contribution < 1.29 is 34.6 Å². The molecule has 286 valence electrons. The fourth-order valence-corrected chi connectivity index (χ4v) is 7.73. The van der Waals surface area contributed by atoms with Gasteiger partial charge in [-0.25, -0.2) is 0 Å². The van der Waals surface area contributed by atoms with Crippen molar-refractivity contribution in [1.29, 1.82) is 0 Å². The Morgan fingerprint density at radius 2 is 1.60 bits per heavy atom. The summed E-state index contributed by atoms with van der Waals surface area (Å²) in [6.45, 7) is 7.97. The van der Waals surface area contributed by atoms with E-state index in [1.54, 1.807) is 42.3 Å². The lowest BCUT2D eigenvalue weighted by Crippen LogP contribution is -2.52. The number of morpholine rings is 1. The van der Waals surface area contributed by atoms with Gasteiger partial charge in [-0.2, -0.15) is 0 Å². The average Bonchev–Trinajstić information content (AvgIpc) is 3.50. The third-order valence-corrected chi connectivity index (χ3v) is 11.0. The highest BCUT2D eigenvalue weighted by Gasteiger charge is 2.34. The van der Waals surface area contributed by atoms with Crippen LogP contribution in [0.3, 0.4) is 0 Å². The molecule has 1 fully saturated rings. The van der Waals surface area contributed by atoms with Crippen LogP contribution < -0.4 is 20.0 Å². The molecule has 2 amide bonds. The van der Waals surface area contributed by atoms with Gasteiger partial charge in [-0.05, 0) is 85.0 Å². The first kappa shape index (κ1) is 37.6. The zero-order chi connectivity index (χ0) is 38.8. The van der Waals surface area contributed by atoms with Gasteiger partial charge in [0, 0.05) is 67.5 Å². The van der Waals surface area contributed by atoms with E-state index in [2.05, 4.69) is 17.0 Å². The molecule has 12 heteroatoms. The number of methoxy groups -OCH3 is 1. The Kier molecular flexibility index (Phi) is 10.9. The van der Waals surface area contributed by atoms with Crippen molar-refractivity contribution in [1.82, 2.24) is 14.4 Å². The summed E-state index contributed by atoms with van der Waals surface area (Å²) in [4.78, 5) is 35.5. The van der Waals surface area contributed by atoms with E-state index in [0.717, 1.165) is 29.8 Å². The Morgan fingerprint density at radius 3 is 2.31 bits per heavy atom. The first-order chi connectivity index (χ1) is 26.5. The Labute approximate surface area is 320 Å². The van der Waals surface area contributed by atoms with E-state index in [1.807, 2.05) is 60.7 Å². The average molecular weight is 745 g/mol. The number of anilines is 2. The predicted molar refractivity (Wildman–Crippen MR) is 207 cm³/mol. The third-order valence-electron chi connectivity index (χ3n) is 11.0. The van der Waals surface area contributed by atoms with Crippen LogP contribution >= 0.6 is 0 Å². The van der Waals surface area contributed by atoms with Crippen molar-refractivity contribution in [2.45, 2.75) is 39.4 Å². The van der Waals surface area contributed by atoms with Crippen LogP contribution in [0.15, 0.2) is 91.0 Å². The lowest BCUT2D eigenvalue weighted by molar-refractivity contribution is -0.268. The number of hydrogen-bond acceptors (Lipinski definition) is 9. The first-order valence-corrected chi connectivity index (χ1v) is 18.4. The van der Waals surface area contributed by atoms with Gasteiger partial charge in [0.15, 0.2) is 0 Å². The topological polar surface area (TPSA) is 134 Å².